The number of amides is 1. The average Bonchev–Trinajstić information content (AvgIpc) is 2.94. The summed E-state index contributed by atoms with van der Waals surface area (Å²) in [5.41, 5.74) is 0.904. The Bertz CT molecular complexity index is 428. The number of anilines is 1. The molecule has 1 amide bonds. The van der Waals surface area contributed by atoms with Gasteiger partial charge in [0.25, 0.3) is 0 Å². The van der Waals surface area contributed by atoms with E-state index in [1.165, 1.54) is 19.3 Å². The summed E-state index contributed by atoms with van der Waals surface area (Å²) < 4.78 is 1.04. The Labute approximate surface area is 110 Å². The molecule has 0 aromatic heterocycles. The van der Waals surface area contributed by atoms with Crippen LogP contribution < -0.4 is 5.32 Å². The predicted molar refractivity (Wildman–Crippen MR) is 71.7 cm³/mol. The van der Waals surface area contributed by atoms with Crippen molar-refractivity contribution < 1.29 is 4.79 Å². The second kappa shape index (κ2) is 4.45. The van der Waals surface area contributed by atoms with Crippen molar-refractivity contribution in [3.8, 4) is 0 Å². The zero-order valence-electron chi connectivity index (χ0n) is 9.66. The Hall–Kier alpha value is -0.830. The lowest BCUT2D eigenvalue weighted by Gasteiger charge is -2.20. The van der Waals surface area contributed by atoms with Gasteiger partial charge >= 0.3 is 0 Å². The first kappa shape index (κ1) is 11.3. The number of benzene rings is 1. The predicted octanol–water partition coefficient (Wildman–Crippen LogP) is 3.82. The Balaban J connectivity index is 1.65. The van der Waals surface area contributed by atoms with Gasteiger partial charge in [0, 0.05) is 16.1 Å². The molecule has 2 saturated carbocycles. The number of carbonyl (C=O) groups is 1. The number of fused-ring (bicyclic) bond motifs is 2. The highest BCUT2D eigenvalue weighted by atomic mass is 79.9. The molecule has 0 saturated heterocycles. The largest absolute Gasteiger partial charge is 0.326 e. The third-order valence-corrected chi connectivity index (χ3v) is 4.72. The maximum atomic E-state index is 12.2. The zero-order chi connectivity index (χ0) is 11.8. The summed E-state index contributed by atoms with van der Waals surface area (Å²) >= 11 is 3.39. The van der Waals surface area contributed by atoms with Crippen LogP contribution >= 0.6 is 15.9 Å². The van der Waals surface area contributed by atoms with E-state index in [-0.39, 0.29) is 11.8 Å². The fourth-order valence-electron chi connectivity index (χ4n) is 3.33. The lowest BCUT2D eigenvalue weighted by molar-refractivity contribution is -0.121. The molecule has 2 bridgehead atoms. The van der Waals surface area contributed by atoms with Crippen molar-refractivity contribution >= 4 is 27.5 Å². The van der Waals surface area contributed by atoms with E-state index >= 15 is 0 Å². The fraction of sp³-hybridized carbons (Fsp3) is 0.500. The molecule has 1 aromatic carbocycles. The van der Waals surface area contributed by atoms with Crippen molar-refractivity contribution in [1.29, 1.82) is 0 Å². The second-order valence-electron chi connectivity index (χ2n) is 5.28. The highest BCUT2D eigenvalue weighted by Crippen LogP contribution is 2.48. The van der Waals surface area contributed by atoms with Gasteiger partial charge in [-0.25, -0.2) is 0 Å². The minimum atomic E-state index is 0.222. The van der Waals surface area contributed by atoms with Crippen LogP contribution in [-0.4, -0.2) is 5.91 Å². The van der Waals surface area contributed by atoms with E-state index in [0.717, 1.165) is 22.5 Å². The van der Waals surface area contributed by atoms with Crippen molar-refractivity contribution in [2.45, 2.75) is 25.7 Å². The number of nitrogens with one attached hydrogen (secondary N) is 1. The van der Waals surface area contributed by atoms with Gasteiger partial charge < -0.3 is 5.32 Å². The molecule has 3 heteroatoms. The lowest BCUT2D eigenvalue weighted by atomic mass is 9.88. The van der Waals surface area contributed by atoms with Crippen molar-refractivity contribution in [1.82, 2.24) is 0 Å². The number of hydrogen-bond donors (Lipinski definition) is 1. The van der Waals surface area contributed by atoms with E-state index in [2.05, 4.69) is 21.2 Å². The van der Waals surface area contributed by atoms with Crippen LogP contribution in [0.15, 0.2) is 28.7 Å². The van der Waals surface area contributed by atoms with Gasteiger partial charge in [0.05, 0.1) is 0 Å². The van der Waals surface area contributed by atoms with Gasteiger partial charge in [-0.1, -0.05) is 22.4 Å². The SMILES string of the molecule is O=C(Nc1ccc(Br)cc1)[C@H]1C[C@@H]2CC[C@@H]1C2. The maximum Gasteiger partial charge on any atom is 0.227 e. The first-order valence-electron chi connectivity index (χ1n) is 6.29. The van der Waals surface area contributed by atoms with Crippen LogP contribution in [0.4, 0.5) is 5.69 Å². The standard InChI is InChI=1S/C14H16BrNO/c15-11-3-5-12(6-4-11)16-14(17)13-8-9-1-2-10(13)7-9/h3-6,9-10,13H,1-2,7-8H2,(H,16,17)/t9-,10-,13+/m1/s1. The third kappa shape index (κ3) is 2.25. The molecule has 0 unspecified atom stereocenters. The van der Waals surface area contributed by atoms with Crippen LogP contribution in [0.3, 0.4) is 0 Å². The Morgan fingerprint density at radius 2 is 1.94 bits per heavy atom. The summed E-state index contributed by atoms with van der Waals surface area (Å²) in [6, 6.07) is 7.79. The van der Waals surface area contributed by atoms with Gasteiger partial charge in [-0.2, -0.15) is 0 Å². The minimum Gasteiger partial charge on any atom is -0.326 e. The van der Waals surface area contributed by atoms with Crippen LogP contribution in [0.25, 0.3) is 0 Å². The van der Waals surface area contributed by atoms with Gasteiger partial charge in [-0.05, 0) is 55.4 Å². The second-order valence-corrected chi connectivity index (χ2v) is 6.19. The maximum absolute atomic E-state index is 12.2. The molecule has 1 N–H and O–H groups in total. The van der Waals surface area contributed by atoms with E-state index in [9.17, 15) is 4.79 Å². The van der Waals surface area contributed by atoms with Gasteiger partial charge in [0.15, 0.2) is 0 Å². The van der Waals surface area contributed by atoms with E-state index in [1.54, 1.807) is 0 Å². The lowest BCUT2D eigenvalue weighted by Crippen LogP contribution is -2.27. The molecule has 90 valence electrons. The van der Waals surface area contributed by atoms with Gasteiger partial charge in [0.2, 0.25) is 5.91 Å². The molecule has 17 heavy (non-hydrogen) atoms. The van der Waals surface area contributed by atoms with Crippen LogP contribution in [0.5, 0.6) is 0 Å². The molecular formula is C14H16BrNO. The molecule has 2 nitrogen and oxygen atoms in total. The number of hydrogen-bond acceptors (Lipinski definition) is 1. The third-order valence-electron chi connectivity index (χ3n) is 4.19. The average molecular weight is 294 g/mol. The smallest absolute Gasteiger partial charge is 0.227 e. The van der Waals surface area contributed by atoms with Gasteiger partial charge in [0.1, 0.15) is 0 Å². The minimum absolute atomic E-state index is 0.222. The van der Waals surface area contributed by atoms with Gasteiger partial charge in [-0.15, -0.1) is 0 Å². The molecular weight excluding hydrogens is 278 g/mol. The van der Waals surface area contributed by atoms with Crippen LogP contribution in [-0.2, 0) is 4.79 Å². The van der Waals surface area contributed by atoms with Gasteiger partial charge in [-0.3, -0.25) is 4.79 Å². The summed E-state index contributed by atoms with van der Waals surface area (Å²) in [7, 11) is 0. The van der Waals surface area contributed by atoms with Crippen LogP contribution in [0.2, 0.25) is 0 Å². The summed E-state index contributed by atoms with van der Waals surface area (Å²) in [6.45, 7) is 0. The molecule has 2 aliphatic carbocycles. The molecule has 0 heterocycles. The number of carbonyl (C=O) groups excluding carboxylic acids is 1. The molecule has 1 aromatic rings. The summed E-state index contributed by atoms with van der Waals surface area (Å²) in [5, 5.41) is 3.04. The monoisotopic (exact) mass is 293 g/mol. The molecule has 0 radical (unpaired) electrons. The molecule has 3 rings (SSSR count). The van der Waals surface area contributed by atoms with E-state index in [0.29, 0.717) is 5.92 Å². The normalized spacial score (nSPS) is 30.5. The summed E-state index contributed by atoms with van der Waals surface area (Å²) in [6.07, 6.45) is 4.97. The summed E-state index contributed by atoms with van der Waals surface area (Å²) in [4.78, 5) is 12.2. The molecule has 0 spiro atoms. The first-order chi connectivity index (χ1) is 8.22. The Morgan fingerprint density at radius 1 is 1.18 bits per heavy atom. The number of rotatable bonds is 2. The Kier molecular flexibility index (Phi) is 2.95. The first-order valence-corrected chi connectivity index (χ1v) is 7.08. The molecule has 3 atom stereocenters. The zero-order valence-corrected chi connectivity index (χ0v) is 11.2. The molecule has 2 fully saturated rings. The molecule has 0 aliphatic heterocycles. The highest BCUT2D eigenvalue weighted by Gasteiger charge is 2.42. The summed E-state index contributed by atoms with van der Waals surface area (Å²) in [5.74, 6) is 1.95. The van der Waals surface area contributed by atoms with E-state index in [4.69, 9.17) is 0 Å². The van der Waals surface area contributed by atoms with Crippen LogP contribution in [0, 0.1) is 17.8 Å². The highest BCUT2D eigenvalue weighted by molar-refractivity contribution is 9.10. The van der Waals surface area contributed by atoms with Crippen molar-refractivity contribution in [2.24, 2.45) is 17.8 Å². The number of halogens is 1. The van der Waals surface area contributed by atoms with Crippen LogP contribution in [0.1, 0.15) is 25.7 Å². The molecule has 2 aliphatic rings. The fourth-order valence-corrected chi connectivity index (χ4v) is 3.60. The van der Waals surface area contributed by atoms with E-state index < -0.39 is 0 Å². The van der Waals surface area contributed by atoms with Crippen molar-refractivity contribution in [2.75, 3.05) is 5.32 Å². The quantitative estimate of drug-likeness (QED) is 0.882. The van der Waals surface area contributed by atoms with Crippen molar-refractivity contribution in [3.05, 3.63) is 28.7 Å². The Morgan fingerprint density at radius 3 is 2.53 bits per heavy atom. The van der Waals surface area contributed by atoms with Crippen molar-refractivity contribution in [3.63, 3.8) is 0 Å². The van der Waals surface area contributed by atoms with E-state index in [1.807, 2.05) is 24.3 Å². The topological polar surface area (TPSA) is 29.1 Å².